The maximum atomic E-state index is 12.5. The lowest BCUT2D eigenvalue weighted by molar-refractivity contribution is -0.658. The van der Waals surface area contributed by atoms with Crippen molar-refractivity contribution in [1.82, 2.24) is 0 Å². The quantitative estimate of drug-likeness (QED) is 0.750. The fourth-order valence-corrected chi connectivity index (χ4v) is 4.37. The molecule has 0 spiro atoms. The molecule has 4 rings (SSSR count). The van der Waals surface area contributed by atoms with Crippen molar-refractivity contribution >= 4 is 11.5 Å². The van der Waals surface area contributed by atoms with Gasteiger partial charge in [0.25, 0.3) is 11.6 Å². The summed E-state index contributed by atoms with van der Waals surface area (Å²) in [5.74, 6) is 1.22. The molecule has 0 amide bonds. The third-order valence-electron chi connectivity index (χ3n) is 5.93. The Kier molecular flexibility index (Phi) is 5.54. The van der Waals surface area contributed by atoms with Crippen molar-refractivity contribution in [3.8, 4) is 5.75 Å². The van der Waals surface area contributed by atoms with Gasteiger partial charge in [-0.1, -0.05) is 19.1 Å². The lowest BCUT2D eigenvalue weighted by Gasteiger charge is -2.23. The zero-order valence-corrected chi connectivity index (χ0v) is 16.7. The molecule has 1 N–H and O–H groups in total. The number of hydrogen-bond acceptors (Lipinski definition) is 3. The van der Waals surface area contributed by atoms with Gasteiger partial charge in [-0.2, -0.15) is 8.78 Å². The van der Waals surface area contributed by atoms with Gasteiger partial charge in [0.15, 0.2) is 6.54 Å². The van der Waals surface area contributed by atoms with Crippen LogP contribution in [0.25, 0.3) is 0 Å². The summed E-state index contributed by atoms with van der Waals surface area (Å²) in [5, 5.41) is 11.8. The van der Waals surface area contributed by atoms with E-state index in [2.05, 4.69) is 45.4 Å². The van der Waals surface area contributed by atoms with E-state index in [1.165, 1.54) is 17.7 Å². The van der Waals surface area contributed by atoms with Gasteiger partial charge in [0.1, 0.15) is 11.4 Å². The number of halogens is 2. The van der Waals surface area contributed by atoms with Gasteiger partial charge in [0.2, 0.25) is 0 Å². The molecule has 6 heteroatoms. The highest BCUT2D eigenvalue weighted by molar-refractivity contribution is 5.95. The maximum absolute atomic E-state index is 12.5. The van der Waals surface area contributed by atoms with Crippen LogP contribution in [0.5, 0.6) is 5.75 Å². The number of amidine groups is 1. The van der Waals surface area contributed by atoms with Crippen molar-refractivity contribution < 1.29 is 23.2 Å². The number of anilines is 1. The van der Waals surface area contributed by atoms with Gasteiger partial charge >= 0.3 is 6.61 Å². The van der Waals surface area contributed by atoms with Gasteiger partial charge in [-0.25, -0.2) is 9.48 Å². The van der Waals surface area contributed by atoms with Gasteiger partial charge in [0.05, 0.1) is 6.54 Å². The van der Waals surface area contributed by atoms with E-state index >= 15 is 0 Å². The fourth-order valence-electron chi connectivity index (χ4n) is 4.37. The van der Waals surface area contributed by atoms with Crippen molar-refractivity contribution in [2.45, 2.75) is 51.4 Å². The zero-order valence-electron chi connectivity index (χ0n) is 16.7. The number of aliphatic hydroxyl groups is 1. The van der Waals surface area contributed by atoms with Crippen LogP contribution in [-0.2, 0) is 12.1 Å². The van der Waals surface area contributed by atoms with Crippen LogP contribution >= 0.6 is 0 Å². The monoisotopic (exact) mass is 401 g/mol. The van der Waals surface area contributed by atoms with E-state index in [-0.39, 0.29) is 5.75 Å². The second-order valence-corrected chi connectivity index (χ2v) is 7.70. The number of benzene rings is 2. The van der Waals surface area contributed by atoms with E-state index in [9.17, 15) is 13.9 Å². The molecule has 0 unspecified atom stereocenters. The van der Waals surface area contributed by atoms with Gasteiger partial charge in [-0.15, -0.1) is 0 Å². The van der Waals surface area contributed by atoms with E-state index in [1.807, 2.05) is 0 Å². The first-order valence-electron chi connectivity index (χ1n) is 10.3. The number of β-amino-alcohol motifs (C(OH)–C–C–N with tert-alkyl or cyclic N) is 1. The zero-order chi connectivity index (χ0) is 20.4. The van der Waals surface area contributed by atoms with Crippen LogP contribution in [0.1, 0.15) is 43.7 Å². The Labute approximate surface area is 170 Å². The highest BCUT2D eigenvalue weighted by atomic mass is 19.3. The number of ether oxygens (including phenoxy) is 1. The first kappa shape index (κ1) is 19.8. The Hall–Kier alpha value is -2.47. The molecule has 0 saturated heterocycles. The van der Waals surface area contributed by atoms with E-state index in [0.29, 0.717) is 12.1 Å². The third kappa shape index (κ3) is 3.86. The fraction of sp³-hybridized carbons (Fsp3) is 0.435. The van der Waals surface area contributed by atoms with Gasteiger partial charge in [-0.3, -0.25) is 0 Å². The Morgan fingerprint density at radius 2 is 1.79 bits per heavy atom. The third-order valence-corrected chi connectivity index (χ3v) is 5.93. The normalized spacial score (nSPS) is 22.0. The molecule has 1 atom stereocenters. The molecule has 2 aromatic carbocycles. The van der Waals surface area contributed by atoms with Gasteiger partial charge in [-0.05, 0) is 67.6 Å². The molecule has 2 aliphatic heterocycles. The van der Waals surface area contributed by atoms with Crippen LogP contribution in [0, 0.1) is 0 Å². The average Bonchev–Trinajstić information content (AvgIpc) is 2.87. The summed E-state index contributed by atoms with van der Waals surface area (Å²) in [6.45, 7) is 0.447. The predicted octanol–water partition coefficient (Wildman–Crippen LogP) is 4.50. The first-order chi connectivity index (χ1) is 14.0. The van der Waals surface area contributed by atoms with Crippen LogP contribution in [0.2, 0.25) is 0 Å². The van der Waals surface area contributed by atoms with Crippen molar-refractivity contribution in [3.05, 3.63) is 59.7 Å². The molecular formula is C23H27F2N2O2+. The van der Waals surface area contributed by atoms with Gasteiger partial charge in [0, 0.05) is 12.0 Å². The van der Waals surface area contributed by atoms with Crippen LogP contribution in [-0.4, -0.2) is 35.2 Å². The second-order valence-electron chi connectivity index (χ2n) is 7.70. The average molecular weight is 401 g/mol. The number of nitrogens with zero attached hydrogens (tertiary/aromatic N) is 2. The second kappa shape index (κ2) is 8.11. The van der Waals surface area contributed by atoms with E-state index in [1.54, 1.807) is 12.1 Å². The summed E-state index contributed by atoms with van der Waals surface area (Å²) in [6.07, 6.45) is 5.12. The molecule has 0 fully saturated rings. The summed E-state index contributed by atoms with van der Waals surface area (Å²) in [6, 6.07) is 14.8. The summed E-state index contributed by atoms with van der Waals surface area (Å²) in [5.41, 5.74) is 1.83. The number of hydrogen-bond donors (Lipinski definition) is 1. The SMILES string of the molecule is CCc1ccc(N2C[C@@](O)(c3ccc(OC(F)F)cc3)[N+]3=C2CCCCC3)cc1. The highest BCUT2D eigenvalue weighted by Crippen LogP contribution is 2.36. The molecule has 0 aromatic heterocycles. The molecular weight excluding hydrogens is 374 g/mol. The van der Waals surface area contributed by atoms with Crippen molar-refractivity contribution in [1.29, 1.82) is 0 Å². The molecule has 2 aliphatic rings. The van der Waals surface area contributed by atoms with Crippen LogP contribution in [0.15, 0.2) is 48.5 Å². The van der Waals surface area contributed by atoms with E-state index in [4.69, 9.17) is 0 Å². The van der Waals surface area contributed by atoms with Crippen LogP contribution < -0.4 is 9.64 Å². The molecule has 0 aliphatic carbocycles. The molecule has 2 aromatic rings. The summed E-state index contributed by atoms with van der Waals surface area (Å²) in [4.78, 5) is 2.20. The molecule has 2 heterocycles. The molecule has 0 saturated carbocycles. The maximum Gasteiger partial charge on any atom is 0.387 e. The molecule has 4 nitrogen and oxygen atoms in total. The smallest absolute Gasteiger partial charge is 0.387 e. The molecule has 0 bridgehead atoms. The Balaban J connectivity index is 1.70. The Bertz CT molecular complexity index is 881. The largest absolute Gasteiger partial charge is 0.435 e. The van der Waals surface area contributed by atoms with Crippen LogP contribution in [0.4, 0.5) is 14.5 Å². The highest BCUT2D eigenvalue weighted by Gasteiger charge is 2.51. The van der Waals surface area contributed by atoms with Gasteiger partial charge < -0.3 is 9.84 Å². The topological polar surface area (TPSA) is 35.7 Å². The van der Waals surface area contributed by atoms with Crippen LogP contribution in [0.3, 0.4) is 0 Å². The minimum atomic E-state index is -2.86. The minimum absolute atomic E-state index is 0.0948. The van der Waals surface area contributed by atoms with Crippen molar-refractivity contribution in [3.63, 3.8) is 0 Å². The van der Waals surface area contributed by atoms with Crippen molar-refractivity contribution in [2.75, 3.05) is 18.0 Å². The lowest BCUT2D eigenvalue weighted by atomic mass is 10.0. The minimum Gasteiger partial charge on any atom is -0.435 e. The summed E-state index contributed by atoms with van der Waals surface area (Å²) < 4.78 is 31.5. The standard InChI is InChI=1S/C23H27F2N2O2/c1-2-17-7-11-19(12-8-17)26-16-23(28,27-15-5-3-4-6-21(26)27)18-9-13-20(14-10-18)29-22(24)25/h7-14,22,28H,2-6,15-16H2,1H3/q+1/t23-/m1/s1. The predicted molar refractivity (Wildman–Crippen MR) is 109 cm³/mol. The number of rotatable bonds is 5. The molecule has 29 heavy (non-hydrogen) atoms. The number of aryl methyl sites for hydroxylation is 1. The van der Waals surface area contributed by atoms with E-state index < -0.39 is 12.3 Å². The molecule has 0 radical (unpaired) electrons. The Morgan fingerprint density at radius 3 is 2.45 bits per heavy atom. The Morgan fingerprint density at radius 1 is 1.07 bits per heavy atom. The van der Waals surface area contributed by atoms with Crippen molar-refractivity contribution in [2.24, 2.45) is 0 Å². The first-order valence-corrected chi connectivity index (χ1v) is 10.3. The summed E-state index contributed by atoms with van der Waals surface area (Å²) in [7, 11) is 0. The summed E-state index contributed by atoms with van der Waals surface area (Å²) >= 11 is 0. The molecule has 154 valence electrons. The van der Waals surface area contributed by atoms with E-state index in [0.717, 1.165) is 50.2 Å². The number of alkyl halides is 2. The lowest BCUT2D eigenvalue weighted by Crippen LogP contribution is -2.41.